The third kappa shape index (κ3) is 4.83. The fourth-order valence-electron chi connectivity index (χ4n) is 1.21. The van der Waals surface area contributed by atoms with Crippen LogP contribution >= 0.6 is 0 Å². The molecule has 17 heavy (non-hydrogen) atoms. The highest BCUT2D eigenvalue weighted by atomic mass is 16.1. The number of hydrogen-bond donors (Lipinski definition) is 2. The number of carbonyl (C=O) groups is 1. The Morgan fingerprint density at radius 3 is 2.65 bits per heavy atom. The standard InChI is InChI=1S/C13H13N3O/c1-2-7-15-10-13(17)16-9-12-5-3-11(8-14)4-6-12/h1,3-6,15H,7,9-10H2,(H,16,17). The van der Waals surface area contributed by atoms with Crippen LogP contribution in [0.5, 0.6) is 0 Å². The van der Waals surface area contributed by atoms with Crippen molar-refractivity contribution < 1.29 is 4.79 Å². The highest BCUT2D eigenvalue weighted by Gasteiger charge is 2.00. The molecule has 0 saturated heterocycles. The Balaban J connectivity index is 2.33. The topological polar surface area (TPSA) is 64.9 Å². The summed E-state index contributed by atoms with van der Waals surface area (Å²) in [4.78, 5) is 11.3. The molecule has 0 saturated carbocycles. The van der Waals surface area contributed by atoms with Crippen molar-refractivity contribution in [1.82, 2.24) is 10.6 Å². The predicted molar refractivity (Wildman–Crippen MR) is 64.7 cm³/mol. The predicted octanol–water partition coefficient (Wildman–Crippen LogP) is 0.397. The fourth-order valence-corrected chi connectivity index (χ4v) is 1.21. The van der Waals surface area contributed by atoms with E-state index in [4.69, 9.17) is 11.7 Å². The second-order valence-electron chi connectivity index (χ2n) is 3.39. The highest BCUT2D eigenvalue weighted by molar-refractivity contribution is 5.77. The molecule has 4 heteroatoms. The lowest BCUT2D eigenvalue weighted by molar-refractivity contribution is -0.120. The summed E-state index contributed by atoms with van der Waals surface area (Å²) >= 11 is 0. The summed E-state index contributed by atoms with van der Waals surface area (Å²) in [5.41, 5.74) is 1.56. The summed E-state index contributed by atoms with van der Waals surface area (Å²) in [7, 11) is 0. The Bertz CT molecular complexity index is 451. The molecular formula is C13H13N3O. The first-order valence-electron chi connectivity index (χ1n) is 5.16. The molecule has 1 aromatic rings. The Morgan fingerprint density at radius 1 is 1.35 bits per heavy atom. The molecule has 86 valence electrons. The number of nitrogens with one attached hydrogen (secondary N) is 2. The SMILES string of the molecule is C#CCNCC(=O)NCc1ccc(C#N)cc1. The van der Waals surface area contributed by atoms with Crippen molar-refractivity contribution in [3.8, 4) is 18.4 Å². The van der Waals surface area contributed by atoms with Crippen LogP contribution in [0, 0.1) is 23.7 Å². The Morgan fingerprint density at radius 2 is 2.06 bits per heavy atom. The lowest BCUT2D eigenvalue weighted by Gasteiger charge is -2.05. The van der Waals surface area contributed by atoms with Crippen LogP contribution in [0.3, 0.4) is 0 Å². The van der Waals surface area contributed by atoms with E-state index in [1.165, 1.54) is 0 Å². The van der Waals surface area contributed by atoms with Gasteiger partial charge in [-0.25, -0.2) is 0 Å². The first-order valence-corrected chi connectivity index (χ1v) is 5.16. The maximum absolute atomic E-state index is 11.3. The van der Waals surface area contributed by atoms with Crippen LogP contribution in [0.1, 0.15) is 11.1 Å². The van der Waals surface area contributed by atoms with Crippen molar-refractivity contribution in [3.05, 3.63) is 35.4 Å². The van der Waals surface area contributed by atoms with Gasteiger partial charge in [-0.3, -0.25) is 10.1 Å². The van der Waals surface area contributed by atoms with E-state index in [9.17, 15) is 4.79 Å². The number of terminal acetylenes is 1. The summed E-state index contributed by atoms with van der Waals surface area (Å²) in [5, 5.41) is 14.2. The number of benzene rings is 1. The number of nitriles is 1. The molecule has 1 amide bonds. The molecule has 0 bridgehead atoms. The van der Waals surface area contributed by atoms with E-state index < -0.39 is 0 Å². The number of amides is 1. The Labute approximate surface area is 101 Å². The van der Waals surface area contributed by atoms with E-state index in [1.807, 2.05) is 18.2 Å². The highest BCUT2D eigenvalue weighted by Crippen LogP contribution is 2.02. The van der Waals surface area contributed by atoms with Crippen LogP contribution in [-0.2, 0) is 11.3 Å². The summed E-state index contributed by atoms with van der Waals surface area (Å²) in [6.07, 6.45) is 5.04. The van der Waals surface area contributed by atoms with Gasteiger partial charge in [0, 0.05) is 6.54 Å². The Hall–Kier alpha value is -2.30. The minimum Gasteiger partial charge on any atom is -0.351 e. The average Bonchev–Trinajstić information content (AvgIpc) is 2.37. The van der Waals surface area contributed by atoms with Gasteiger partial charge in [-0.05, 0) is 17.7 Å². The smallest absolute Gasteiger partial charge is 0.234 e. The lowest BCUT2D eigenvalue weighted by Crippen LogP contribution is -2.33. The molecule has 0 aliphatic rings. The zero-order valence-corrected chi connectivity index (χ0v) is 9.36. The van der Waals surface area contributed by atoms with Gasteiger partial charge in [0.2, 0.25) is 5.91 Å². The molecule has 0 radical (unpaired) electrons. The molecule has 0 aliphatic carbocycles. The van der Waals surface area contributed by atoms with Crippen molar-refractivity contribution in [2.75, 3.05) is 13.1 Å². The van der Waals surface area contributed by atoms with Crippen LogP contribution in [-0.4, -0.2) is 19.0 Å². The Kier molecular flexibility index (Phi) is 5.30. The van der Waals surface area contributed by atoms with E-state index in [1.54, 1.807) is 12.1 Å². The van der Waals surface area contributed by atoms with Crippen molar-refractivity contribution in [2.45, 2.75) is 6.54 Å². The second-order valence-corrected chi connectivity index (χ2v) is 3.39. The number of hydrogen-bond acceptors (Lipinski definition) is 3. The van der Waals surface area contributed by atoms with Crippen molar-refractivity contribution in [3.63, 3.8) is 0 Å². The minimum atomic E-state index is -0.107. The molecule has 0 spiro atoms. The van der Waals surface area contributed by atoms with Gasteiger partial charge < -0.3 is 5.32 Å². The van der Waals surface area contributed by atoms with Crippen LogP contribution in [0.25, 0.3) is 0 Å². The summed E-state index contributed by atoms with van der Waals surface area (Å²) in [6, 6.07) is 9.10. The van der Waals surface area contributed by atoms with E-state index >= 15 is 0 Å². The van der Waals surface area contributed by atoms with Gasteiger partial charge in [-0.2, -0.15) is 5.26 Å². The summed E-state index contributed by atoms with van der Waals surface area (Å²) in [5.74, 6) is 2.28. The van der Waals surface area contributed by atoms with Crippen LogP contribution in [0.15, 0.2) is 24.3 Å². The zero-order chi connectivity index (χ0) is 12.5. The molecule has 0 aliphatic heterocycles. The largest absolute Gasteiger partial charge is 0.351 e. The van der Waals surface area contributed by atoms with Crippen molar-refractivity contribution >= 4 is 5.91 Å². The molecule has 0 unspecified atom stereocenters. The molecule has 2 N–H and O–H groups in total. The van der Waals surface area contributed by atoms with Gasteiger partial charge in [0.1, 0.15) is 0 Å². The minimum absolute atomic E-state index is 0.107. The number of rotatable bonds is 5. The van der Waals surface area contributed by atoms with Gasteiger partial charge in [0.25, 0.3) is 0 Å². The summed E-state index contributed by atoms with van der Waals surface area (Å²) in [6.45, 7) is 1.03. The van der Waals surface area contributed by atoms with Gasteiger partial charge in [-0.15, -0.1) is 6.42 Å². The van der Waals surface area contributed by atoms with Crippen LogP contribution in [0.2, 0.25) is 0 Å². The van der Waals surface area contributed by atoms with Crippen LogP contribution < -0.4 is 10.6 Å². The van der Waals surface area contributed by atoms with E-state index in [0.717, 1.165) is 5.56 Å². The molecule has 4 nitrogen and oxygen atoms in total. The molecule has 1 rings (SSSR count). The average molecular weight is 227 g/mol. The maximum Gasteiger partial charge on any atom is 0.234 e. The van der Waals surface area contributed by atoms with Gasteiger partial charge >= 0.3 is 0 Å². The van der Waals surface area contributed by atoms with E-state index in [0.29, 0.717) is 18.7 Å². The van der Waals surface area contributed by atoms with Crippen molar-refractivity contribution in [1.29, 1.82) is 5.26 Å². The van der Waals surface area contributed by atoms with Crippen LogP contribution in [0.4, 0.5) is 0 Å². The maximum atomic E-state index is 11.3. The van der Waals surface area contributed by atoms with Crippen molar-refractivity contribution in [2.24, 2.45) is 0 Å². The second kappa shape index (κ2) is 7.05. The van der Waals surface area contributed by atoms with E-state index in [-0.39, 0.29) is 12.5 Å². The number of carbonyl (C=O) groups excluding carboxylic acids is 1. The molecule has 0 atom stereocenters. The summed E-state index contributed by atoms with van der Waals surface area (Å²) < 4.78 is 0. The third-order valence-corrected chi connectivity index (χ3v) is 2.09. The van der Waals surface area contributed by atoms with Gasteiger partial charge in [0.15, 0.2) is 0 Å². The first kappa shape index (κ1) is 12.8. The zero-order valence-electron chi connectivity index (χ0n) is 9.36. The first-order chi connectivity index (χ1) is 8.26. The van der Waals surface area contributed by atoms with Gasteiger partial charge in [-0.1, -0.05) is 18.1 Å². The molecule has 0 aromatic heterocycles. The normalized spacial score (nSPS) is 9.06. The third-order valence-electron chi connectivity index (χ3n) is 2.09. The molecule has 0 heterocycles. The molecular weight excluding hydrogens is 214 g/mol. The monoisotopic (exact) mass is 227 g/mol. The van der Waals surface area contributed by atoms with E-state index in [2.05, 4.69) is 16.6 Å². The molecule has 0 fully saturated rings. The lowest BCUT2D eigenvalue weighted by atomic mass is 10.1. The van der Waals surface area contributed by atoms with Gasteiger partial charge in [0.05, 0.1) is 24.7 Å². The molecule has 1 aromatic carbocycles. The fraction of sp³-hybridized carbons (Fsp3) is 0.231. The number of nitrogens with zero attached hydrogens (tertiary/aromatic N) is 1. The quantitative estimate of drug-likeness (QED) is 0.565.